The first-order chi connectivity index (χ1) is 13.7. The molecule has 0 bridgehead atoms. The molecular formula is C22H17ClN2O2S. The first-order valence-corrected chi connectivity index (χ1v) is 10.3. The molecule has 140 valence electrons. The summed E-state index contributed by atoms with van der Waals surface area (Å²) in [5, 5.41) is 6.59. The summed E-state index contributed by atoms with van der Waals surface area (Å²) in [4.78, 5) is 14.1. The van der Waals surface area contributed by atoms with Gasteiger partial charge in [0.15, 0.2) is 0 Å². The van der Waals surface area contributed by atoms with E-state index in [0.717, 1.165) is 21.2 Å². The number of rotatable bonds is 5. The van der Waals surface area contributed by atoms with Crippen LogP contribution in [-0.2, 0) is 6.54 Å². The van der Waals surface area contributed by atoms with Crippen molar-refractivity contribution < 1.29 is 4.74 Å². The van der Waals surface area contributed by atoms with E-state index in [1.807, 2.05) is 73.0 Å². The van der Waals surface area contributed by atoms with E-state index in [9.17, 15) is 4.79 Å². The zero-order valence-corrected chi connectivity index (χ0v) is 16.7. The Morgan fingerprint density at radius 1 is 1.04 bits per heavy atom. The molecule has 3 aromatic carbocycles. The van der Waals surface area contributed by atoms with E-state index in [1.165, 1.54) is 10.9 Å². The summed E-state index contributed by atoms with van der Waals surface area (Å²) in [5.41, 5.74) is 0.639. The number of halogens is 1. The van der Waals surface area contributed by atoms with Gasteiger partial charge in [0.2, 0.25) is 5.75 Å². The topological polar surface area (TPSA) is 44.1 Å². The van der Waals surface area contributed by atoms with Crippen molar-refractivity contribution in [2.24, 2.45) is 0 Å². The highest BCUT2D eigenvalue weighted by atomic mass is 35.5. The summed E-state index contributed by atoms with van der Waals surface area (Å²) in [5.74, 6) is 0.633. The number of ether oxygens (including phenoxy) is 1. The lowest BCUT2D eigenvalue weighted by Crippen LogP contribution is -2.24. The van der Waals surface area contributed by atoms with E-state index in [4.69, 9.17) is 16.3 Å². The van der Waals surface area contributed by atoms with Gasteiger partial charge in [-0.2, -0.15) is 5.10 Å². The second-order valence-corrected chi connectivity index (χ2v) is 7.49. The second kappa shape index (κ2) is 8.09. The molecule has 1 aromatic heterocycles. The Kier molecular flexibility index (Phi) is 5.37. The molecule has 6 heteroatoms. The number of hydrogen-bond donors (Lipinski definition) is 0. The van der Waals surface area contributed by atoms with Crippen molar-refractivity contribution in [3.8, 4) is 11.5 Å². The normalized spacial score (nSPS) is 10.9. The van der Waals surface area contributed by atoms with Gasteiger partial charge in [0.1, 0.15) is 10.8 Å². The molecule has 0 aliphatic carbocycles. The molecule has 0 fully saturated rings. The van der Waals surface area contributed by atoms with Crippen LogP contribution < -0.4 is 10.3 Å². The van der Waals surface area contributed by atoms with Crippen LogP contribution in [0.2, 0.25) is 5.02 Å². The Bertz CT molecular complexity index is 1180. The molecule has 0 aliphatic heterocycles. The van der Waals surface area contributed by atoms with Gasteiger partial charge in [-0.3, -0.25) is 4.79 Å². The van der Waals surface area contributed by atoms with Crippen LogP contribution in [-0.4, -0.2) is 16.0 Å². The van der Waals surface area contributed by atoms with Crippen molar-refractivity contribution in [1.82, 2.24) is 9.78 Å². The van der Waals surface area contributed by atoms with E-state index < -0.39 is 0 Å². The average molecular weight is 409 g/mol. The number of benzene rings is 3. The molecule has 0 amide bonds. The molecule has 0 unspecified atom stereocenters. The third kappa shape index (κ3) is 3.77. The largest absolute Gasteiger partial charge is 0.450 e. The fourth-order valence-corrected chi connectivity index (χ4v) is 3.58. The Labute approximate surface area is 171 Å². The summed E-state index contributed by atoms with van der Waals surface area (Å²) in [7, 11) is 0. The summed E-state index contributed by atoms with van der Waals surface area (Å²) in [6.45, 7) is 0.332. The van der Waals surface area contributed by atoms with Crippen molar-refractivity contribution >= 4 is 34.1 Å². The zero-order valence-electron chi connectivity index (χ0n) is 15.1. The Morgan fingerprint density at radius 2 is 1.79 bits per heavy atom. The molecule has 0 spiro atoms. The predicted molar refractivity (Wildman–Crippen MR) is 115 cm³/mol. The van der Waals surface area contributed by atoms with Crippen molar-refractivity contribution in [1.29, 1.82) is 0 Å². The van der Waals surface area contributed by atoms with Gasteiger partial charge in [-0.1, -0.05) is 54.1 Å². The fourth-order valence-electron chi connectivity index (χ4n) is 3.01. The monoisotopic (exact) mass is 408 g/mol. The first kappa shape index (κ1) is 18.6. The third-order valence-corrected chi connectivity index (χ3v) is 5.45. The molecule has 0 atom stereocenters. The minimum atomic E-state index is -0.366. The third-order valence-electron chi connectivity index (χ3n) is 4.44. The molecule has 1 heterocycles. The SMILES string of the molecule is CSc1ccc(Oc2c(Cl)cnn(Cc3cccc4ccccc34)c2=O)cc1. The van der Waals surface area contributed by atoms with Gasteiger partial charge in [-0.15, -0.1) is 11.8 Å². The molecule has 4 aromatic rings. The van der Waals surface area contributed by atoms with Crippen LogP contribution in [0.15, 0.2) is 82.6 Å². The number of hydrogen-bond acceptors (Lipinski definition) is 4. The van der Waals surface area contributed by atoms with Gasteiger partial charge in [-0.25, -0.2) is 4.68 Å². The number of aromatic nitrogens is 2. The maximum Gasteiger partial charge on any atom is 0.311 e. The van der Waals surface area contributed by atoms with Gasteiger partial charge in [0.05, 0.1) is 12.7 Å². The summed E-state index contributed by atoms with van der Waals surface area (Å²) in [6, 6.07) is 21.6. The van der Waals surface area contributed by atoms with Gasteiger partial charge in [0, 0.05) is 4.90 Å². The van der Waals surface area contributed by atoms with Crippen molar-refractivity contribution in [2.45, 2.75) is 11.4 Å². The highest BCUT2D eigenvalue weighted by molar-refractivity contribution is 7.98. The lowest BCUT2D eigenvalue weighted by molar-refractivity contribution is 0.459. The number of fused-ring (bicyclic) bond motifs is 1. The number of thioether (sulfide) groups is 1. The summed E-state index contributed by atoms with van der Waals surface area (Å²) < 4.78 is 7.16. The van der Waals surface area contributed by atoms with Crippen molar-refractivity contribution in [3.63, 3.8) is 0 Å². The molecule has 0 radical (unpaired) electrons. The lowest BCUT2D eigenvalue weighted by Gasteiger charge is -2.11. The molecule has 0 N–H and O–H groups in total. The molecule has 4 rings (SSSR count). The molecule has 0 saturated carbocycles. The maximum absolute atomic E-state index is 12.9. The van der Waals surface area contributed by atoms with Crippen molar-refractivity contribution in [2.75, 3.05) is 6.26 Å². The van der Waals surface area contributed by atoms with Gasteiger partial charge in [-0.05, 0) is 46.9 Å². The predicted octanol–water partition coefficient (Wildman–Crippen LogP) is 5.61. The molecule has 4 nitrogen and oxygen atoms in total. The smallest absolute Gasteiger partial charge is 0.311 e. The Hall–Kier alpha value is -2.76. The van der Waals surface area contributed by atoms with Crippen LogP contribution in [0.3, 0.4) is 0 Å². The first-order valence-electron chi connectivity index (χ1n) is 8.70. The molecule has 28 heavy (non-hydrogen) atoms. The zero-order chi connectivity index (χ0) is 19.5. The van der Waals surface area contributed by atoms with Crippen LogP contribution in [0.1, 0.15) is 5.56 Å². The number of nitrogens with zero attached hydrogens (tertiary/aromatic N) is 2. The highest BCUT2D eigenvalue weighted by Crippen LogP contribution is 2.27. The maximum atomic E-state index is 12.9. The standard InChI is InChI=1S/C22H17ClN2O2S/c1-28-18-11-9-17(10-12-18)27-21-20(23)13-24-25(22(21)26)14-16-7-4-6-15-5-2-3-8-19(15)16/h2-13H,14H2,1H3. The van der Waals surface area contributed by atoms with Crippen LogP contribution >= 0.6 is 23.4 Å². The van der Waals surface area contributed by atoms with E-state index >= 15 is 0 Å². The van der Waals surface area contributed by atoms with Crippen molar-refractivity contribution in [3.05, 3.63) is 93.9 Å². The van der Waals surface area contributed by atoms with Crippen LogP contribution in [0.5, 0.6) is 11.5 Å². The van der Waals surface area contributed by atoms with Crippen LogP contribution in [0.25, 0.3) is 10.8 Å². The fraction of sp³-hybridized carbons (Fsp3) is 0.0909. The summed E-state index contributed by atoms with van der Waals surface area (Å²) >= 11 is 7.84. The lowest BCUT2D eigenvalue weighted by atomic mass is 10.0. The molecule has 0 aliphatic rings. The Morgan fingerprint density at radius 3 is 2.57 bits per heavy atom. The van der Waals surface area contributed by atoms with Gasteiger partial charge >= 0.3 is 5.56 Å². The van der Waals surface area contributed by atoms with E-state index in [1.54, 1.807) is 11.8 Å². The minimum Gasteiger partial charge on any atom is -0.450 e. The van der Waals surface area contributed by atoms with E-state index in [-0.39, 0.29) is 16.3 Å². The molecular weight excluding hydrogens is 392 g/mol. The quantitative estimate of drug-likeness (QED) is 0.402. The Balaban J connectivity index is 1.69. The van der Waals surface area contributed by atoms with E-state index in [0.29, 0.717) is 12.3 Å². The van der Waals surface area contributed by atoms with Gasteiger partial charge in [0.25, 0.3) is 0 Å². The highest BCUT2D eigenvalue weighted by Gasteiger charge is 2.14. The van der Waals surface area contributed by atoms with E-state index in [2.05, 4.69) is 5.10 Å². The van der Waals surface area contributed by atoms with Gasteiger partial charge < -0.3 is 4.74 Å². The second-order valence-electron chi connectivity index (χ2n) is 6.20. The van der Waals surface area contributed by atoms with Crippen LogP contribution in [0.4, 0.5) is 0 Å². The average Bonchev–Trinajstić information content (AvgIpc) is 2.74. The summed E-state index contributed by atoms with van der Waals surface area (Å²) in [6.07, 6.45) is 3.45. The molecule has 0 saturated heterocycles. The minimum absolute atomic E-state index is 0.0776. The van der Waals surface area contributed by atoms with Crippen LogP contribution in [0, 0.1) is 0 Å².